The maximum atomic E-state index is 12.1. The first kappa shape index (κ1) is 12.6. The van der Waals surface area contributed by atoms with Crippen LogP contribution in [-0.4, -0.2) is 19.5 Å². The lowest BCUT2D eigenvalue weighted by molar-refractivity contribution is 0.0600. The Morgan fingerprint density at radius 3 is 2.38 bits per heavy atom. The monoisotopic (exact) mass is 229 g/mol. The molecule has 0 aliphatic rings. The van der Waals surface area contributed by atoms with E-state index in [2.05, 4.69) is 4.74 Å². The second-order valence-electron chi connectivity index (χ2n) is 3.35. The predicted molar refractivity (Wildman–Crippen MR) is 55.3 cm³/mol. The van der Waals surface area contributed by atoms with Crippen LogP contribution >= 0.6 is 0 Å². The lowest BCUT2D eigenvalue weighted by atomic mass is 10.0. The van der Waals surface area contributed by atoms with E-state index < -0.39 is 24.9 Å². The van der Waals surface area contributed by atoms with Crippen LogP contribution in [0, 0.1) is 0 Å². The fraction of sp³-hybridized carbons (Fsp3) is 0.364. The highest BCUT2D eigenvalue weighted by molar-refractivity contribution is 5.89. The molecule has 0 aliphatic heterocycles. The number of benzene rings is 1. The Morgan fingerprint density at radius 2 is 1.94 bits per heavy atom. The quantitative estimate of drug-likeness (QED) is 0.804. The summed E-state index contributed by atoms with van der Waals surface area (Å²) in [4.78, 5) is 11.1. The molecule has 3 nitrogen and oxygen atoms in total. The molecule has 0 fully saturated rings. The zero-order valence-electron chi connectivity index (χ0n) is 8.82. The van der Waals surface area contributed by atoms with Gasteiger partial charge < -0.3 is 10.5 Å². The molecule has 1 rings (SSSR count). The Bertz CT molecular complexity index is 352. The first-order chi connectivity index (χ1) is 7.54. The topological polar surface area (TPSA) is 52.3 Å². The summed E-state index contributed by atoms with van der Waals surface area (Å²) in [7, 11) is 1.28. The highest BCUT2D eigenvalue weighted by Crippen LogP contribution is 2.18. The fourth-order valence-electron chi connectivity index (χ4n) is 1.31. The van der Waals surface area contributed by atoms with Crippen LogP contribution in [0.5, 0.6) is 0 Å². The molecule has 0 unspecified atom stereocenters. The minimum absolute atomic E-state index is 0.371. The van der Waals surface area contributed by atoms with Crippen molar-refractivity contribution in [3.8, 4) is 0 Å². The summed E-state index contributed by atoms with van der Waals surface area (Å²) >= 11 is 0. The van der Waals surface area contributed by atoms with Gasteiger partial charge in [-0.3, -0.25) is 0 Å². The molecule has 0 spiro atoms. The van der Waals surface area contributed by atoms with Gasteiger partial charge in [0.2, 0.25) is 6.43 Å². The third-order valence-corrected chi connectivity index (χ3v) is 2.19. The molecule has 0 aromatic heterocycles. The molecule has 0 radical (unpaired) electrons. The van der Waals surface area contributed by atoms with Crippen molar-refractivity contribution in [3.05, 3.63) is 35.4 Å². The highest BCUT2D eigenvalue weighted by Gasteiger charge is 2.13. The van der Waals surface area contributed by atoms with E-state index in [1.165, 1.54) is 19.2 Å². The Hall–Kier alpha value is -1.49. The van der Waals surface area contributed by atoms with E-state index in [0.717, 1.165) is 0 Å². The van der Waals surface area contributed by atoms with Gasteiger partial charge in [0, 0.05) is 12.5 Å². The molecule has 0 bridgehead atoms. The first-order valence-corrected chi connectivity index (χ1v) is 4.76. The van der Waals surface area contributed by atoms with Crippen LogP contribution < -0.4 is 5.73 Å². The summed E-state index contributed by atoms with van der Waals surface area (Å²) < 4.78 is 28.7. The summed E-state index contributed by atoms with van der Waals surface area (Å²) in [5, 5.41) is 0. The van der Waals surface area contributed by atoms with Crippen LogP contribution in [0.15, 0.2) is 24.3 Å². The number of halogens is 2. The first-order valence-electron chi connectivity index (χ1n) is 4.76. The highest BCUT2D eigenvalue weighted by atomic mass is 19.3. The van der Waals surface area contributed by atoms with Crippen molar-refractivity contribution in [2.45, 2.75) is 18.9 Å². The summed E-state index contributed by atoms with van der Waals surface area (Å²) in [5.74, 6) is -0.464. The number of ether oxygens (including phenoxy) is 1. The second kappa shape index (κ2) is 5.55. The summed E-state index contributed by atoms with van der Waals surface area (Å²) in [5.41, 5.74) is 6.51. The van der Waals surface area contributed by atoms with Gasteiger partial charge >= 0.3 is 5.97 Å². The van der Waals surface area contributed by atoms with Crippen LogP contribution in [-0.2, 0) is 4.74 Å². The van der Waals surface area contributed by atoms with Crippen molar-refractivity contribution in [3.63, 3.8) is 0 Å². The number of rotatable bonds is 4. The third kappa shape index (κ3) is 3.27. The summed E-state index contributed by atoms with van der Waals surface area (Å²) in [6.45, 7) is 0. The van der Waals surface area contributed by atoms with Gasteiger partial charge in [0.05, 0.1) is 12.7 Å². The molecule has 0 aliphatic carbocycles. The standard InChI is InChI=1S/C11H13F2NO2/c1-16-11(15)8-4-2-7(3-5-8)9(14)6-10(12)13/h2-5,9-10H,6,14H2,1H3/t9-/m0/s1. The summed E-state index contributed by atoms with van der Waals surface area (Å²) in [6, 6.07) is 5.41. The average Bonchev–Trinajstić information content (AvgIpc) is 2.27. The van der Waals surface area contributed by atoms with Crippen LogP contribution in [0.1, 0.15) is 28.4 Å². The molecule has 0 amide bonds. The van der Waals surface area contributed by atoms with E-state index in [0.29, 0.717) is 11.1 Å². The molecule has 1 aromatic carbocycles. The van der Waals surface area contributed by atoms with Crippen LogP contribution in [0.3, 0.4) is 0 Å². The lowest BCUT2D eigenvalue weighted by Gasteiger charge is -2.11. The van der Waals surface area contributed by atoms with Crippen molar-refractivity contribution in [1.29, 1.82) is 0 Å². The molecule has 5 heteroatoms. The SMILES string of the molecule is COC(=O)c1ccc([C@@H](N)CC(F)F)cc1. The number of nitrogens with two attached hydrogens (primary N) is 1. The zero-order chi connectivity index (χ0) is 12.1. The zero-order valence-corrected chi connectivity index (χ0v) is 8.82. The van der Waals surface area contributed by atoms with Gasteiger partial charge in [-0.1, -0.05) is 12.1 Å². The number of carbonyl (C=O) groups excluding carboxylic acids is 1. The van der Waals surface area contributed by atoms with E-state index >= 15 is 0 Å². The van der Waals surface area contributed by atoms with E-state index in [-0.39, 0.29) is 0 Å². The van der Waals surface area contributed by atoms with Crippen LogP contribution in [0.4, 0.5) is 8.78 Å². The maximum Gasteiger partial charge on any atom is 0.337 e. The van der Waals surface area contributed by atoms with E-state index in [9.17, 15) is 13.6 Å². The molecular formula is C11H13F2NO2. The average molecular weight is 229 g/mol. The number of alkyl halides is 2. The molecule has 0 heterocycles. The van der Waals surface area contributed by atoms with Gasteiger partial charge in [-0.2, -0.15) is 0 Å². The lowest BCUT2D eigenvalue weighted by Crippen LogP contribution is -2.14. The van der Waals surface area contributed by atoms with Crippen LogP contribution in [0.25, 0.3) is 0 Å². The number of hydrogen-bond donors (Lipinski definition) is 1. The maximum absolute atomic E-state index is 12.1. The fourth-order valence-corrected chi connectivity index (χ4v) is 1.31. The number of esters is 1. The molecule has 2 N–H and O–H groups in total. The Morgan fingerprint density at radius 1 is 1.38 bits per heavy atom. The molecule has 16 heavy (non-hydrogen) atoms. The van der Waals surface area contributed by atoms with Gasteiger partial charge in [-0.25, -0.2) is 13.6 Å². The molecule has 1 atom stereocenters. The second-order valence-corrected chi connectivity index (χ2v) is 3.35. The van der Waals surface area contributed by atoms with Crippen molar-refractivity contribution >= 4 is 5.97 Å². The minimum atomic E-state index is -2.43. The normalized spacial score (nSPS) is 12.6. The number of carbonyl (C=O) groups is 1. The number of hydrogen-bond acceptors (Lipinski definition) is 3. The third-order valence-electron chi connectivity index (χ3n) is 2.19. The Balaban J connectivity index is 2.74. The molecule has 0 saturated carbocycles. The Kier molecular flexibility index (Phi) is 4.37. The van der Waals surface area contributed by atoms with Gasteiger partial charge in [0.1, 0.15) is 0 Å². The van der Waals surface area contributed by atoms with E-state index in [4.69, 9.17) is 5.73 Å². The number of methoxy groups -OCH3 is 1. The molecule has 0 saturated heterocycles. The molecular weight excluding hydrogens is 216 g/mol. The van der Waals surface area contributed by atoms with Crippen LogP contribution in [0.2, 0.25) is 0 Å². The van der Waals surface area contributed by atoms with E-state index in [1.807, 2.05) is 0 Å². The van der Waals surface area contributed by atoms with Crippen molar-refractivity contribution < 1.29 is 18.3 Å². The van der Waals surface area contributed by atoms with Crippen molar-refractivity contribution in [1.82, 2.24) is 0 Å². The largest absolute Gasteiger partial charge is 0.465 e. The smallest absolute Gasteiger partial charge is 0.337 e. The van der Waals surface area contributed by atoms with Gasteiger partial charge in [-0.05, 0) is 17.7 Å². The predicted octanol–water partition coefficient (Wildman–Crippen LogP) is 2.13. The van der Waals surface area contributed by atoms with Gasteiger partial charge in [0.25, 0.3) is 0 Å². The Labute approximate surface area is 92.2 Å². The van der Waals surface area contributed by atoms with Gasteiger partial charge in [-0.15, -0.1) is 0 Å². The summed E-state index contributed by atoms with van der Waals surface area (Å²) in [6.07, 6.45) is -2.83. The van der Waals surface area contributed by atoms with Crippen molar-refractivity contribution in [2.75, 3.05) is 7.11 Å². The van der Waals surface area contributed by atoms with Gasteiger partial charge in [0.15, 0.2) is 0 Å². The van der Waals surface area contributed by atoms with E-state index in [1.54, 1.807) is 12.1 Å². The molecule has 88 valence electrons. The van der Waals surface area contributed by atoms with Crippen molar-refractivity contribution in [2.24, 2.45) is 5.73 Å². The minimum Gasteiger partial charge on any atom is -0.465 e. The molecule has 1 aromatic rings.